The van der Waals surface area contributed by atoms with Crippen LogP contribution in [0.4, 0.5) is 5.69 Å². The zero-order valence-corrected chi connectivity index (χ0v) is 15.0. The van der Waals surface area contributed by atoms with E-state index in [2.05, 4.69) is 5.32 Å². The molecule has 0 aromatic heterocycles. The Hall–Kier alpha value is -2.73. The molecule has 6 heteroatoms. The summed E-state index contributed by atoms with van der Waals surface area (Å²) in [5.41, 5.74) is 1.12. The molecule has 1 aliphatic rings. The second-order valence-electron chi connectivity index (χ2n) is 5.99. The van der Waals surface area contributed by atoms with Gasteiger partial charge in [0.25, 0.3) is 5.91 Å². The van der Waals surface area contributed by atoms with Crippen molar-refractivity contribution in [2.24, 2.45) is 0 Å². The number of benzene rings is 2. The second kappa shape index (κ2) is 8.58. The first-order chi connectivity index (χ1) is 12.7. The van der Waals surface area contributed by atoms with Gasteiger partial charge < -0.3 is 24.3 Å². The average Bonchev–Trinajstić information content (AvgIpc) is 3.20. The van der Waals surface area contributed by atoms with Crippen LogP contribution in [0.25, 0.3) is 0 Å². The summed E-state index contributed by atoms with van der Waals surface area (Å²) in [7, 11) is 3.09. The molecule has 0 spiro atoms. The van der Waals surface area contributed by atoms with Gasteiger partial charge in [0.15, 0.2) is 0 Å². The minimum atomic E-state index is -0.252. The van der Waals surface area contributed by atoms with Gasteiger partial charge in [-0.1, -0.05) is 0 Å². The number of methoxy groups -OCH3 is 2. The largest absolute Gasteiger partial charge is 0.497 e. The van der Waals surface area contributed by atoms with Crippen LogP contribution in [0.2, 0.25) is 0 Å². The van der Waals surface area contributed by atoms with Crippen molar-refractivity contribution in [3.05, 3.63) is 48.0 Å². The lowest BCUT2D eigenvalue weighted by Crippen LogP contribution is -2.16. The van der Waals surface area contributed by atoms with Crippen molar-refractivity contribution in [1.29, 1.82) is 0 Å². The molecule has 1 unspecified atom stereocenters. The highest BCUT2D eigenvalue weighted by atomic mass is 16.5. The van der Waals surface area contributed by atoms with Crippen LogP contribution in [0.5, 0.6) is 17.2 Å². The van der Waals surface area contributed by atoms with Gasteiger partial charge in [-0.3, -0.25) is 4.79 Å². The molecule has 6 nitrogen and oxygen atoms in total. The summed E-state index contributed by atoms with van der Waals surface area (Å²) in [6, 6.07) is 12.3. The average molecular weight is 357 g/mol. The molecule has 1 aliphatic heterocycles. The third-order valence-electron chi connectivity index (χ3n) is 4.23. The molecular formula is C20H23NO5. The molecule has 0 bridgehead atoms. The van der Waals surface area contributed by atoms with Crippen molar-refractivity contribution in [2.45, 2.75) is 18.9 Å². The molecular weight excluding hydrogens is 334 g/mol. The van der Waals surface area contributed by atoms with Gasteiger partial charge in [-0.25, -0.2) is 0 Å². The van der Waals surface area contributed by atoms with Crippen LogP contribution in [-0.2, 0) is 4.74 Å². The van der Waals surface area contributed by atoms with Crippen molar-refractivity contribution in [3.8, 4) is 17.2 Å². The molecule has 1 saturated heterocycles. The Kier molecular flexibility index (Phi) is 5.96. The number of amides is 1. The molecule has 2 aromatic carbocycles. The Morgan fingerprint density at radius 2 is 1.88 bits per heavy atom. The third-order valence-corrected chi connectivity index (χ3v) is 4.23. The van der Waals surface area contributed by atoms with E-state index < -0.39 is 0 Å². The SMILES string of the molecule is COc1ccc(C(=O)Nc2ccc(OCC3CCCO3)cc2)c(OC)c1. The van der Waals surface area contributed by atoms with Crippen molar-refractivity contribution in [3.63, 3.8) is 0 Å². The van der Waals surface area contributed by atoms with Crippen molar-refractivity contribution in [1.82, 2.24) is 0 Å². The zero-order valence-electron chi connectivity index (χ0n) is 15.0. The molecule has 1 N–H and O–H groups in total. The van der Waals surface area contributed by atoms with E-state index in [0.29, 0.717) is 29.4 Å². The van der Waals surface area contributed by atoms with Gasteiger partial charge >= 0.3 is 0 Å². The molecule has 0 aliphatic carbocycles. The highest BCUT2D eigenvalue weighted by Crippen LogP contribution is 2.26. The van der Waals surface area contributed by atoms with Gasteiger partial charge in [-0.05, 0) is 49.2 Å². The lowest BCUT2D eigenvalue weighted by molar-refractivity contribution is 0.0679. The van der Waals surface area contributed by atoms with E-state index in [4.69, 9.17) is 18.9 Å². The summed E-state index contributed by atoms with van der Waals surface area (Å²) in [4.78, 5) is 12.5. The van der Waals surface area contributed by atoms with Gasteiger partial charge in [0.05, 0.1) is 25.9 Å². The van der Waals surface area contributed by atoms with Crippen molar-refractivity contribution < 1.29 is 23.7 Å². The van der Waals surface area contributed by atoms with E-state index in [0.717, 1.165) is 25.2 Å². The molecule has 2 aromatic rings. The molecule has 0 saturated carbocycles. The predicted molar refractivity (Wildman–Crippen MR) is 98.4 cm³/mol. The first kappa shape index (κ1) is 18.1. The molecule has 1 atom stereocenters. The molecule has 1 heterocycles. The van der Waals surface area contributed by atoms with Crippen LogP contribution >= 0.6 is 0 Å². The molecule has 1 amide bonds. The standard InChI is InChI=1S/C20H23NO5/c1-23-16-9-10-18(19(12-16)24-2)20(22)21-14-5-7-15(8-6-14)26-13-17-4-3-11-25-17/h5-10,12,17H,3-4,11,13H2,1-2H3,(H,21,22). The fourth-order valence-corrected chi connectivity index (χ4v) is 2.78. The van der Waals surface area contributed by atoms with Crippen LogP contribution in [-0.4, -0.2) is 39.4 Å². The number of anilines is 1. The molecule has 138 valence electrons. The van der Waals surface area contributed by atoms with Gasteiger partial charge in [-0.15, -0.1) is 0 Å². The number of ether oxygens (including phenoxy) is 4. The van der Waals surface area contributed by atoms with Gasteiger partial charge in [0.2, 0.25) is 0 Å². The van der Waals surface area contributed by atoms with Crippen LogP contribution in [0, 0.1) is 0 Å². The lowest BCUT2D eigenvalue weighted by Gasteiger charge is -2.13. The summed E-state index contributed by atoms with van der Waals surface area (Å²) in [6.07, 6.45) is 2.31. The molecule has 26 heavy (non-hydrogen) atoms. The van der Waals surface area contributed by atoms with E-state index in [-0.39, 0.29) is 12.0 Å². The maximum Gasteiger partial charge on any atom is 0.259 e. The van der Waals surface area contributed by atoms with E-state index in [1.807, 2.05) is 12.1 Å². The van der Waals surface area contributed by atoms with Gasteiger partial charge in [0, 0.05) is 18.4 Å². The monoisotopic (exact) mass is 357 g/mol. The van der Waals surface area contributed by atoms with Crippen LogP contribution < -0.4 is 19.5 Å². The van der Waals surface area contributed by atoms with Crippen molar-refractivity contribution >= 4 is 11.6 Å². The first-order valence-corrected chi connectivity index (χ1v) is 8.57. The maximum atomic E-state index is 12.5. The Morgan fingerprint density at radius 1 is 1.12 bits per heavy atom. The Labute approximate surface area is 153 Å². The minimum absolute atomic E-state index is 0.178. The van der Waals surface area contributed by atoms with Crippen LogP contribution in [0.1, 0.15) is 23.2 Å². The number of nitrogens with one attached hydrogen (secondary N) is 1. The molecule has 0 radical (unpaired) electrons. The summed E-state index contributed by atoms with van der Waals surface area (Å²) in [6.45, 7) is 1.36. The number of carbonyl (C=O) groups is 1. The normalized spacial score (nSPS) is 16.2. The fraction of sp³-hybridized carbons (Fsp3) is 0.350. The van der Waals surface area contributed by atoms with Gasteiger partial charge in [-0.2, -0.15) is 0 Å². The highest BCUT2D eigenvalue weighted by molar-refractivity contribution is 6.06. The van der Waals surface area contributed by atoms with E-state index in [1.54, 1.807) is 37.4 Å². The highest BCUT2D eigenvalue weighted by Gasteiger charge is 2.16. The summed E-state index contributed by atoms with van der Waals surface area (Å²) < 4.78 is 21.7. The lowest BCUT2D eigenvalue weighted by atomic mass is 10.1. The number of carbonyl (C=O) groups excluding carboxylic acids is 1. The topological polar surface area (TPSA) is 66.0 Å². The Bertz CT molecular complexity index is 738. The van der Waals surface area contributed by atoms with Crippen LogP contribution in [0.3, 0.4) is 0 Å². The van der Waals surface area contributed by atoms with Crippen molar-refractivity contribution in [2.75, 3.05) is 32.8 Å². The maximum absolute atomic E-state index is 12.5. The van der Waals surface area contributed by atoms with E-state index >= 15 is 0 Å². The Morgan fingerprint density at radius 3 is 2.54 bits per heavy atom. The molecule has 3 rings (SSSR count). The predicted octanol–water partition coefficient (Wildman–Crippen LogP) is 3.51. The van der Waals surface area contributed by atoms with Gasteiger partial charge in [0.1, 0.15) is 23.9 Å². The first-order valence-electron chi connectivity index (χ1n) is 8.57. The van der Waals surface area contributed by atoms with E-state index in [9.17, 15) is 4.79 Å². The summed E-state index contributed by atoms with van der Waals surface area (Å²) in [5, 5.41) is 2.85. The third kappa shape index (κ3) is 4.46. The zero-order chi connectivity index (χ0) is 18.4. The fourth-order valence-electron chi connectivity index (χ4n) is 2.78. The summed E-state index contributed by atoms with van der Waals surface area (Å²) >= 11 is 0. The second-order valence-corrected chi connectivity index (χ2v) is 5.99. The Balaban J connectivity index is 1.60. The number of hydrogen-bond acceptors (Lipinski definition) is 5. The number of hydrogen-bond donors (Lipinski definition) is 1. The summed E-state index contributed by atoms with van der Waals surface area (Å²) in [5.74, 6) is 1.59. The smallest absolute Gasteiger partial charge is 0.259 e. The number of rotatable bonds is 7. The minimum Gasteiger partial charge on any atom is -0.497 e. The van der Waals surface area contributed by atoms with Crippen LogP contribution in [0.15, 0.2) is 42.5 Å². The quantitative estimate of drug-likeness (QED) is 0.821. The van der Waals surface area contributed by atoms with E-state index in [1.165, 1.54) is 7.11 Å². The molecule has 1 fully saturated rings.